The van der Waals surface area contributed by atoms with Crippen LogP contribution in [0.4, 0.5) is 0 Å². The molecular weight excluding hydrogens is 989 g/mol. The molecular formula is C55H96O15Y-2. The van der Waals surface area contributed by atoms with Crippen molar-refractivity contribution >= 4 is 47.7 Å². The number of unbranched alkanes of at least 4 members (excludes halogenated alkanes) is 4. The quantitative estimate of drug-likeness (QED) is 0.0218. The van der Waals surface area contributed by atoms with Crippen molar-refractivity contribution < 1.29 is 105 Å². The van der Waals surface area contributed by atoms with Gasteiger partial charge in [-0.05, 0) is 57.8 Å². The van der Waals surface area contributed by atoms with E-state index in [1.807, 2.05) is 54.8 Å². The topological polar surface area (TPSA) is 212 Å². The molecule has 2 heterocycles. The zero-order chi connectivity index (χ0) is 54.5. The predicted molar refractivity (Wildman–Crippen MR) is 274 cm³/mol. The third-order valence-corrected chi connectivity index (χ3v) is 10.8. The summed E-state index contributed by atoms with van der Waals surface area (Å²) < 4.78 is 30.3. The molecule has 1 saturated heterocycles. The van der Waals surface area contributed by atoms with Crippen molar-refractivity contribution in [1.82, 2.24) is 0 Å². The van der Waals surface area contributed by atoms with E-state index in [9.17, 15) is 43.5 Å². The Labute approximate surface area is 454 Å². The van der Waals surface area contributed by atoms with Crippen LogP contribution in [0.3, 0.4) is 0 Å². The molecule has 71 heavy (non-hydrogen) atoms. The Hall–Kier alpha value is -2.98. The van der Waals surface area contributed by atoms with E-state index in [1.54, 1.807) is 20.8 Å². The number of hydrogen-bond donors (Lipinski definition) is 1. The average Bonchev–Trinajstić information content (AvgIpc) is 3.85. The Morgan fingerprint density at radius 3 is 1.39 bits per heavy atom. The van der Waals surface area contributed by atoms with E-state index in [4.69, 9.17) is 18.9 Å². The number of rotatable bonds is 32. The fourth-order valence-corrected chi connectivity index (χ4v) is 7.10. The first-order chi connectivity index (χ1) is 33.3. The van der Waals surface area contributed by atoms with Crippen molar-refractivity contribution in [1.29, 1.82) is 0 Å². The summed E-state index contributed by atoms with van der Waals surface area (Å²) in [5.41, 5.74) is 0. The monoisotopic (exact) mass is 1090 g/mol. The molecule has 0 saturated carbocycles. The van der Waals surface area contributed by atoms with Gasteiger partial charge < -0.3 is 45.2 Å². The number of aliphatic carboxylic acids is 1. The number of cyclic esters (lactones) is 4. The molecule has 0 aromatic carbocycles. The number of ether oxygens (including phenoxy) is 6. The molecule has 15 nitrogen and oxygen atoms in total. The summed E-state index contributed by atoms with van der Waals surface area (Å²) >= 11 is 0. The van der Waals surface area contributed by atoms with Crippen LogP contribution in [0.25, 0.3) is 0 Å². The number of carboxylic acids is 1. The summed E-state index contributed by atoms with van der Waals surface area (Å²) in [5, 5.41) is 9.23. The Bertz CT molecular complexity index is 1430. The maximum atomic E-state index is 12.4. The van der Waals surface area contributed by atoms with Crippen LogP contribution in [-0.2, 0) is 99.5 Å². The van der Waals surface area contributed by atoms with Crippen molar-refractivity contribution in [2.75, 3.05) is 26.4 Å². The first-order valence-electron chi connectivity index (χ1n) is 26.1. The minimum Gasteiger partial charge on any atom is -0.541 e. The van der Waals surface area contributed by atoms with Crippen LogP contribution in [0.2, 0.25) is 0 Å². The smallest absolute Gasteiger partial charge is 0.338 e. The van der Waals surface area contributed by atoms with Gasteiger partial charge in [0.1, 0.15) is 11.6 Å². The number of esters is 4. The summed E-state index contributed by atoms with van der Waals surface area (Å²) in [7, 11) is 0. The summed E-state index contributed by atoms with van der Waals surface area (Å²) in [6, 6.07) is 0. The second-order valence-electron chi connectivity index (χ2n) is 17.0. The molecule has 16 heteroatoms. The number of carboxylic acid groups (broad SMARTS) is 1. The van der Waals surface area contributed by atoms with E-state index in [-0.39, 0.29) is 80.3 Å². The van der Waals surface area contributed by atoms with Crippen LogP contribution in [-0.4, -0.2) is 97.5 Å². The van der Waals surface area contributed by atoms with Crippen molar-refractivity contribution in [3.63, 3.8) is 0 Å². The number of carbonyl (C=O) groups is 7. The molecule has 0 aliphatic carbocycles. The molecule has 1 radical (unpaired) electrons. The minimum atomic E-state index is -0.919. The van der Waals surface area contributed by atoms with E-state index >= 15 is 0 Å². The fourth-order valence-electron chi connectivity index (χ4n) is 7.10. The van der Waals surface area contributed by atoms with E-state index in [2.05, 4.69) is 43.7 Å². The molecule has 9 unspecified atom stereocenters. The normalized spacial score (nSPS) is 17.2. The third kappa shape index (κ3) is 37.4. The van der Waals surface area contributed by atoms with Gasteiger partial charge in [0.15, 0.2) is 0 Å². The second-order valence-corrected chi connectivity index (χ2v) is 17.0. The average molecular weight is 1090 g/mol. The number of hydrogen-bond acceptors (Lipinski definition) is 14. The van der Waals surface area contributed by atoms with Gasteiger partial charge in [-0.3, -0.25) is 30.3 Å². The molecule has 0 amide bonds. The molecule has 0 aromatic rings. The Morgan fingerprint density at radius 1 is 0.676 bits per heavy atom. The fraction of sp³-hybridized carbons (Fsp3) is 0.764. The summed E-state index contributed by atoms with van der Waals surface area (Å²) in [6.07, 6.45) is 18.9. The van der Waals surface area contributed by atoms with Gasteiger partial charge in [0, 0.05) is 83.4 Å². The Kier molecular flexibility index (Phi) is 56.2. The van der Waals surface area contributed by atoms with Gasteiger partial charge >= 0.3 is 29.8 Å². The standard InChI is InChI=1S/C16H30O4.C16H29O3.C11H18O4.C5H10O.C4H2O3.C3H7.Y/c1-5-8-9-10-13(17)15(12(4)16(18)19)14(7-3)20-11-6-2;1-5-8-9-10-14(18)16(13(4)12-17)15(7-3)19-11-6-2;1-4-6-14-8(5-2)9-7(3)10(12)15-11(9)13;1-3-5-6-4-2;5-3-1-2-4(6)7-3;1-3-2;/h12,14-15H,5-11H2,1-4H3,(H,18,19);13,15-16H,5-11H2,1-4H3;7-9H,4-6H2,1-3H3;4H,2-3,5H2,1H3;1-2H;1,3H2,2H3;/q;-1;;;;-1;. The van der Waals surface area contributed by atoms with Crippen LogP contribution >= 0.6 is 0 Å². The Morgan fingerprint density at radius 2 is 1.10 bits per heavy atom. The van der Waals surface area contributed by atoms with Crippen LogP contribution in [0.1, 0.15) is 193 Å². The molecule has 1 N–H and O–H groups in total. The van der Waals surface area contributed by atoms with Gasteiger partial charge in [0.25, 0.3) is 0 Å². The molecule has 2 aliphatic heterocycles. The van der Waals surface area contributed by atoms with Gasteiger partial charge in [0.05, 0.1) is 54.9 Å². The number of ketones is 2. The van der Waals surface area contributed by atoms with Gasteiger partial charge in [-0.25, -0.2) is 9.59 Å². The van der Waals surface area contributed by atoms with E-state index < -0.39 is 47.6 Å². The molecule has 2 rings (SSSR count). The van der Waals surface area contributed by atoms with Gasteiger partial charge in [-0.1, -0.05) is 122 Å². The Balaban J connectivity index is -0.000000264. The predicted octanol–water partition coefficient (Wildman–Crippen LogP) is 11.3. The first kappa shape index (κ1) is 76.9. The summed E-state index contributed by atoms with van der Waals surface area (Å²) in [6.45, 7) is 34.8. The van der Waals surface area contributed by atoms with Crippen LogP contribution < -0.4 is 0 Å². The van der Waals surface area contributed by atoms with Crippen molar-refractivity contribution in [3.05, 3.63) is 31.9 Å². The SMILES string of the molecule is C=COCCC.CCCCCC(=O)C(C(C)[C-]=O)C(CC)OCCC.CCCCCC(=O)C(C(CC)OCCC)C(C)C(=O)O.CCCOC(CC)C1C(=O)OC(=O)C1C.O=C1C=CC(=O)O1.[CH2-]CC.[Y]. The second kappa shape index (κ2) is 51.9. The number of carbonyl (C=O) groups excluding carboxylic acids is 7. The third-order valence-electron chi connectivity index (χ3n) is 10.8. The number of Topliss-reactive ketones (excluding diaryl/α,β-unsaturated/α-hetero) is 2. The van der Waals surface area contributed by atoms with Crippen LogP contribution in [0, 0.1) is 42.4 Å². The van der Waals surface area contributed by atoms with Gasteiger partial charge in [0.2, 0.25) is 0 Å². The van der Waals surface area contributed by atoms with Crippen molar-refractivity contribution in [2.24, 2.45) is 35.5 Å². The maximum absolute atomic E-state index is 12.4. The summed E-state index contributed by atoms with van der Waals surface area (Å²) in [5.74, 6) is -5.46. The first-order valence-corrected chi connectivity index (χ1v) is 26.1. The molecule has 0 bridgehead atoms. The van der Waals surface area contributed by atoms with E-state index in [0.717, 1.165) is 102 Å². The molecule has 9 atom stereocenters. The van der Waals surface area contributed by atoms with Crippen molar-refractivity contribution in [3.8, 4) is 0 Å². The van der Waals surface area contributed by atoms with Crippen LogP contribution in [0.5, 0.6) is 0 Å². The maximum Gasteiger partial charge on any atom is 0.338 e. The summed E-state index contributed by atoms with van der Waals surface area (Å²) in [4.78, 5) is 89.4. The van der Waals surface area contributed by atoms with E-state index in [0.29, 0.717) is 39.1 Å². The van der Waals surface area contributed by atoms with Crippen molar-refractivity contribution in [2.45, 2.75) is 211 Å². The van der Waals surface area contributed by atoms with Gasteiger partial charge in [-0.2, -0.15) is 6.42 Å². The molecule has 411 valence electrons. The molecule has 1 fully saturated rings. The largest absolute Gasteiger partial charge is 0.541 e. The minimum absolute atomic E-state index is 0. The molecule has 0 spiro atoms. The van der Waals surface area contributed by atoms with Gasteiger partial charge in [-0.15, -0.1) is 5.92 Å². The molecule has 2 aliphatic rings. The zero-order valence-electron chi connectivity index (χ0n) is 46.2. The molecule has 0 aromatic heterocycles. The van der Waals surface area contributed by atoms with Crippen LogP contribution in [0.15, 0.2) is 25.0 Å². The van der Waals surface area contributed by atoms with E-state index in [1.165, 1.54) is 6.26 Å². The zero-order valence-corrected chi connectivity index (χ0v) is 49.1.